The summed E-state index contributed by atoms with van der Waals surface area (Å²) in [6.07, 6.45) is 2.16. The van der Waals surface area contributed by atoms with E-state index in [-0.39, 0.29) is 6.61 Å². The number of nitrogens with zero attached hydrogens (tertiary/aromatic N) is 3. The number of aliphatic hydroxyl groups is 1. The van der Waals surface area contributed by atoms with Gasteiger partial charge >= 0.3 is 0 Å². The summed E-state index contributed by atoms with van der Waals surface area (Å²) < 4.78 is 7.65. The summed E-state index contributed by atoms with van der Waals surface area (Å²) >= 11 is 1.47. The molecule has 0 fully saturated rings. The van der Waals surface area contributed by atoms with Crippen molar-refractivity contribution in [2.45, 2.75) is 37.4 Å². The lowest BCUT2D eigenvalue weighted by Crippen LogP contribution is -2.20. The Labute approximate surface area is 135 Å². The Kier molecular flexibility index (Phi) is 6.27. The van der Waals surface area contributed by atoms with Gasteiger partial charge in [0.05, 0.1) is 6.10 Å². The molecule has 0 aliphatic carbocycles. The van der Waals surface area contributed by atoms with Crippen LogP contribution in [0, 0.1) is 0 Å². The van der Waals surface area contributed by atoms with Crippen molar-refractivity contribution in [3.63, 3.8) is 0 Å². The fraction of sp³-hybridized carbons (Fsp3) is 0.500. The number of aliphatic hydroxyl groups excluding tert-OH is 1. The van der Waals surface area contributed by atoms with E-state index in [2.05, 4.69) is 30.1 Å². The van der Waals surface area contributed by atoms with Crippen molar-refractivity contribution in [2.24, 2.45) is 7.05 Å². The zero-order valence-corrected chi connectivity index (χ0v) is 14.1. The first-order chi connectivity index (χ1) is 10.6. The number of para-hydroxylation sites is 1. The summed E-state index contributed by atoms with van der Waals surface area (Å²) in [6.45, 7) is 4.62. The van der Waals surface area contributed by atoms with Crippen LogP contribution in [-0.2, 0) is 7.05 Å². The summed E-state index contributed by atoms with van der Waals surface area (Å²) in [5.41, 5.74) is 1.19. The van der Waals surface area contributed by atoms with Crippen LogP contribution in [0.1, 0.15) is 31.7 Å². The SMILES string of the molecule is CCC(C)c1ccccc1OCC(O)CSc1nncn1C. The van der Waals surface area contributed by atoms with Crippen LogP contribution in [-0.4, -0.2) is 38.3 Å². The highest BCUT2D eigenvalue weighted by Gasteiger charge is 2.13. The molecule has 120 valence electrons. The number of ether oxygens (including phenoxy) is 1. The van der Waals surface area contributed by atoms with Crippen LogP contribution in [0.2, 0.25) is 0 Å². The average Bonchev–Trinajstić information content (AvgIpc) is 2.95. The lowest BCUT2D eigenvalue weighted by Gasteiger charge is -2.17. The number of benzene rings is 1. The summed E-state index contributed by atoms with van der Waals surface area (Å²) in [5, 5.41) is 18.7. The van der Waals surface area contributed by atoms with E-state index < -0.39 is 6.10 Å². The first-order valence-electron chi connectivity index (χ1n) is 7.48. The zero-order valence-electron chi connectivity index (χ0n) is 13.3. The Morgan fingerprint density at radius 2 is 2.14 bits per heavy atom. The molecular weight excluding hydrogens is 298 g/mol. The zero-order chi connectivity index (χ0) is 15.9. The third-order valence-electron chi connectivity index (χ3n) is 3.57. The van der Waals surface area contributed by atoms with E-state index in [4.69, 9.17) is 4.74 Å². The summed E-state index contributed by atoms with van der Waals surface area (Å²) in [7, 11) is 1.88. The maximum Gasteiger partial charge on any atom is 0.190 e. The molecule has 0 radical (unpaired) electrons. The Bertz CT molecular complexity index is 588. The normalized spacial score (nSPS) is 13.8. The van der Waals surface area contributed by atoms with Gasteiger partial charge in [0.25, 0.3) is 0 Å². The van der Waals surface area contributed by atoms with Crippen molar-refractivity contribution in [3.8, 4) is 5.75 Å². The molecule has 22 heavy (non-hydrogen) atoms. The molecule has 1 aromatic carbocycles. The van der Waals surface area contributed by atoms with E-state index in [1.165, 1.54) is 17.3 Å². The van der Waals surface area contributed by atoms with Crippen molar-refractivity contribution >= 4 is 11.8 Å². The average molecular weight is 321 g/mol. The Hall–Kier alpha value is -1.53. The predicted octanol–water partition coefficient (Wildman–Crippen LogP) is 2.86. The molecule has 0 saturated carbocycles. The maximum atomic E-state index is 10.1. The smallest absolute Gasteiger partial charge is 0.190 e. The van der Waals surface area contributed by atoms with Gasteiger partial charge in [0.15, 0.2) is 5.16 Å². The van der Waals surface area contributed by atoms with E-state index in [1.807, 2.05) is 29.8 Å². The van der Waals surface area contributed by atoms with Crippen LogP contribution < -0.4 is 4.74 Å². The molecule has 0 bridgehead atoms. The van der Waals surface area contributed by atoms with Crippen molar-refractivity contribution in [2.75, 3.05) is 12.4 Å². The molecule has 1 N–H and O–H groups in total. The predicted molar refractivity (Wildman–Crippen MR) is 88.4 cm³/mol. The van der Waals surface area contributed by atoms with Crippen molar-refractivity contribution in [1.82, 2.24) is 14.8 Å². The molecule has 0 saturated heterocycles. The minimum Gasteiger partial charge on any atom is -0.491 e. The Balaban J connectivity index is 1.86. The molecule has 0 amide bonds. The number of aryl methyl sites for hydroxylation is 1. The van der Waals surface area contributed by atoms with Gasteiger partial charge < -0.3 is 14.4 Å². The molecule has 0 aliphatic heterocycles. The maximum absolute atomic E-state index is 10.1. The summed E-state index contributed by atoms with van der Waals surface area (Å²) in [6, 6.07) is 8.03. The van der Waals surface area contributed by atoms with Crippen molar-refractivity contribution in [1.29, 1.82) is 0 Å². The molecule has 2 rings (SSSR count). The van der Waals surface area contributed by atoms with Crippen molar-refractivity contribution in [3.05, 3.63) is 36.2 Å². The van der Waals surface area contributed by atoms with Gasteiger partial charge in [-0.15, -0.1) is 10.2 Å². The van der Waals surface area contributed by atoms with E-state index in [0.29, 0.717) is 11.7 Å². The largest absolute Gasteiger partial charge is 0.491 e. The minimum atomic E-state index is -0.549. The van der Waals surface area contributed by atoms with Gasteiger partial charge in [-0.25, -0.2) is 0 Å². The molecular formula is C16H23N3O2S. The number of aromatic nitrogens is 3. The van der Waals surface area contributed by atoms with Crippen LogP contribution in [0.25, 0.3) is 0 Å². The van der Waals surface area contributed by atoms with E-state index in [9.17, 15) is 5.11 Å². The standard InChI is InChI=1S/C16H23N3O2S/c1-4-12(2)14-7-5-6-8-15(14)21-9-13(20)10-22-16-18-17-11-19(16)3/h5-8,11-13,20H,4,9-10H2,1-3H3. The van der Waals surface area contributed by atoms with Gasteiger partial charge in [0.1, 0.15) is 18.7 Å². The van der Waals surface area contributed by atoms with Gasteiger partial charge in [0, 0.05) is 12.8 Å². The van der Waals surface area contributed by atoms with Gasteiger partial charge in [-0.05, 0) is 24.0 Å². The lowest BCUT2D eigenvalue weighted by atomic mass is 9.98. The molecule has 1 heterocycles. The Morgan fingerprint density at radius 1 is 1.36 bits per heavy atom. The second-order valence-corrected chi connectivity index (χ2v) is 6.33. The highest BCUT2D eigenvalue weighted by molar-refractivity contribution is 7.99. The fourth-order valence-corrected chi connectivity index (χ4v) is 2.84. The summed E-state index contributed by atoms with van der Waals surface area (Å²) in [4.78, 5) is 0. The number of hydrogen-bond donors (Lipinski definition) is 1. The van der Waals surface area contributed by atoms with Crippen LogP contribution in [0.5, 0.6) is 5.75 Å². The number of rotatable bonds is 8. The molecule has 0 aliphatic rings. The highest BCUT2D eigenvalue weighted by Crippen LogP contribution is 2.28. The van der Waals surface area contributed by atoms with Crippen LogP contribution in [0.15, 0.2) is 35.7 Å². The van der Waals surface area contributed by atoms with Gasteiger partial charge in [-0.3, -0.25) is 0 Å². The van der Waals surface area contributed by atoms with E-state index >= 15 is 0 Å². The van der Waals surface area contributed by atoms with E-state index in [1.54, 1.807) is 6.33 Å². The monoisotopic (exact) mass is 321 g/mol. The summed E-state index contributed by atoms with van der Waals surface area (Å²) in [5.74, 6) is 1.83. The van der Waals surface area contributed by atoms with Gasteiger partial charge in [-0.2, -0.15) is 0 Å². The Morgan fingerprint density at radius 3 is 2.82 bits per heavy atom. The third kappa shape index (κ3) is 4.48. The van der Waals surface area contributed by atoms with Gasteiger partial charge in [0.2, 0.25) is 0 Å². The van der Waals surface area contributed by atoms with E-state index in [0.717, 1.165) is 17.3 Å². The van der Waals surface area contributed by atoms with Crippen LogP contribution in [0.3, 0.4) is 0 Å². The lowest BCUT2D eigenvalue weighted by molar-refractivity contribution is 0.125. The second-order valence-electron chi connectivity index (χ2n) is 5.35. The van der Waals surface area contributed by atoms with Gasteiger partial charge in [-0.1, -0.05) is 43.8 Å². The molecule has 0 spiro atoms. The fourth-order valence-electron chi connectivity index (χ4n) is 2.05. The quantitative estimate of drug-likeness (QED) is 0.758. The molecule has 1 aromatic heterocycles. The van der Waals surface area contributed by atoms with Crippen molar-refractivity contribution < 1.29 is 9.84 Å². The molecule has 5 nitrogen and oxygen atoms in total. The molecule has 2 atom stereocenters. The molecule has 2 aromatic rings. The topological polar surface area (TPSA) is 60.2 Å². The van der Waals surface area contributed by atoms with Crippen LogP contribution >= 0.6 is 11.8 Å². The first kappa shape index (κ1) is 16.8. The molecule has 2 unspecified atom stereocenters. The molecule has 6 heteroatoms. The number of hydrogen-bond acceptors (Lipinski definition) is 5. The minimum absolute atomic E-state index is 0.276. The first-order valence-corrected chi connectivity index (χ1v) is 8.47. The van der Waals surface area contributed by atoms with Crippen LogP contribution in [0.4, 0.5) is 0 Å². The highest BCUT2D eigenvalue weighted by atomic mass is 32.2. The third-order valence-corrected chi connectivity index (χ3v) is 4.75. The number of thioether (sulfide) groups is 1. The second kappa shape index (κ2) is 8.19.